The summed E-state index contributed by atoms with van der Waals surface area (Å²) in [6.45, 7) is 6.07. The molecule has 0 radical (unpaired) electrons. The molecule has 2 aliphatic rings. The van der Waals surface area contributed by atoms with Crippen LogP contribution in [0.15, 0.2) is 47.6 Å². The molecule has 4 rings (SSSR count). The van der Waals surface area contributed by atoms with Gasteiger partial charge in [0.05, 0.1) is 37.3 Å². The van der Waals surface area contributed by atoms with E-state index >= 15 is 0 Å². The molecule has 2 bridgehead atoms. The fraction of sp³-hybridized carbons (Fsp3) is 0.375. The molecule has 2 aliphatic carbocycles. The monoisotopic (exact) mass is 503 g/mol. The average Bonchev–Trinajstić information content (AvgIpc) is 3.10. The minimum atomic E-state index is -0.789. The van der Waals surface area contributed by atoms with Crippen LogP contribution in [0.3, 0.4) is 0 Å². The van der Waals surface area contributed by atoms with Crippen LogP contribution in [-0.2, 0) is 9.63 Å². The number of para-hydroxylation sites is 1. The zero-order chi connectivity index (χ0) is 24.9. The van der Waals surface area contributed by atoms with E-state index in [9.17, 15) is 19.7 Å². The highest BCUT2D eigenvalue weighted by Gasteiger charge is 2.71. The molecule has 1 amide bonds. The second-order valence-corrected chi connectivity index (χ2v) is 10.3. The Balaban J connectivity index is 1.58. The Labute approximate surface area is 206 Å². The van der Waals surface area contributed by atoms with Crippen LogP contribution in [-0.4, -0.2) is 22.5 Å². The summed E-state index contributed by atoms with van der Waals surface area (Å²) in [4.78, 5) is 41.6. The molecule has 2 aromatic carbocycles. The number of nitro groups is 1. The molecule has 8 nitrogen and oxygen atoms in total. The summed E-state index contributed by atoms with van der Waals surface area (Å²) in [6, 6.07) is 10.1. The van der Waals surface area contributed by atoms with Gasteiger partial charge in [0, 0.05) is 24.0 Å². The number of carbonyl (C=O) groups excluding carboxylic acids is 2. The van der Waals surface area contributed by atoms with E-state index in [4.69, 9.17) is 28.0 Å². The van der Waals surface area contributed by atoms with Gasteiger partial charge in [-0.05, 0) is 42.5 Å². The van der Waals surface area contributed by atoms with Crippen molar-refractivity contribution in [2.45, 2.75) is 40.0 Å². The van der Waals surface area contributed by atoms with Gasteiger partial charge in [-0.1, -0.05) is 55.2 Å². The number of halogens is 2. The smallest absolute Gasteiger partial charge is 0.323 e. The molecule has 2 saturated carbocycles. The molecule has 10 heteroatoms. The summed E-state index contributed by atoms with van der Waals surface area (Å²) in [5.74, 6) is -0.934. The number of non-ortho nitro benzene ring substituents is 1. The Morgan fingerprint density at radius 3 is 2.26 bits per heavy atom. The lowest BCUT2D eigenvalue weighted by atomic mass is 9.64. The summed E-state index contributed by atoms with van der Waals surface area (Å²) >= 11 is 12.5. The number of carbonyl (C=O) groups is 2. The average molecular weight is 504 g/mol. The third-order valence-electron chi connectivity index (χ3n) is 7.92. The van der Waals surface area contributed by atoms with Crippen molar-refractivity contribution in [3.05, 3.63) is 68.2 Å². The zero-order valence-electron chi connectivity index (χ0n) is 18.9. The molecular formula is C24H23Cl2N3O5. The van der Waals surface area contributed by atoms with Crippen LogP contribution >= 0.6 is 23.2 Å². The molecule has 1 N–H and O–H groups in total. The van der Waals surface area contributed by atoms with E-state index in [1.165, 1.54) is 24.3 Å². The maximum Gasteiger partial charge on any atom is 0.365 e. The van der Waals surface area contributed by atoms with E-state index in [0.717, 1.165) is 0 Å². The van der Waals surface area contributed by atoms with Crippen molar-refractivity contribution < 1.29 is 19.3 Å². The Hall–Kier alpha value is -2.97. The maximum absolute atomic E-state index is 13.6. The van der Waals surface area contributed by atoms with Gasteiger partial charge < -0.3 is 10.2 Å². The van der Waals surface area contributed by atoms with Gasteiger partial charge in [-0.2, -0.15) is 0 Å². The molecule has 2 unspecified atom stereocenters. The quantitative estimate of drug-likeness (QED) is 0.293. The lowest BCUT2D eigenvalue weighted by Crippen LogP contribution is -2.43. The van der Waals surface area contributed by atoms with Crippen molar-refractivity contribution in [3.63, 3.8) is 0 Å². The molecule has 2 fully saturated rings. The summed E-state index contributed by atoms with van der Waals surface area (Å²) in [5.41, 5.74) is -0.743. The topological polar surface area (TPSA) is 111 Å². The lowest BCUT2D eigenvalue weighted by Gasteiger charge is -2.39. The molecule has 0 aliphatic heterocycles. The number of nitrogens with zero attached hydrogens (tertiary/aromatic N) is 2. The first-order valence-electron chi connectivity index (χ1n) is 10.7. The number of hydrogen-bond acceptors (Lipinski definition) is 6. The van der Waals surface area contributed by atoms with Crippen molar-refractivity contribution in [1.29, 1.82) is 0 Å². The summed E-state index contributed by atoms with van der Waals surface area (Å²) in [6.07, 6.45) is 1.65. The number of oxime groups is 1. The van der Waals surface area contributed by atoms with Crippen molar-refractivity contribution in [2.24, 2.45) is 21.4 Å². The largest absolute Gasteiger partial charge is 0.365 e. The van der Waals surface area contributed by atoms with E-state index in [1.807, 2.05) is 20.8 Å². The van der Waals surface area contributed by atoms with Gasteiger partial charge in [-0.15, -0.1) is 0 Å². The first-order chi connectivity index (χ1) is 15.9. The summed E-state index contributed by atoms with van der Waals surface area (Å²) in [5, 5.41) is 18.6. The fourth-order valence-electron chi connectivity index (χ4n) is 5.24. The van der Waals surface area contributed by atoms with Gasteiger partial charge in [-0.25, -0.2) is 4.79 Å². The molecule has 0 spiro atoms. The number of hydrogen-bond donors (Lipinski definition) is 1. The molecular weight excluding hydrogens is 481 g/mol. The van der Waals surface area contributed by atoms with Crippen LogP contribution in [0.1, 0.15) is 50.4 Å². The van der Waals surface area contributed by atoms with Crippen molar-refractivity contribution in [2.75, 3.05) is 5.32 Å². The van der Waals surface area contributed by atoms with Gasteiger partial charge in [0.15, 0.2) is 0 Å². The second kappa shape index (κ2) is 8.36. The SMILES string of the molecule is CC12CCC(C(=O)Nc3c(Cl)cccc3Cl)(C/C1=N\OC(=O)c1ccc([N+](=O)[O-])cc1)C2(C)C. The van der Waals surface area contributed by atoms with Crippen LogP contribution in [0.25, 0.3) is 0 Å². The van der Waals surface area contributed by atoms with Crippen molar-refractivity contribution in [1.82, 2.24) is 0 Å². The molecule has 0 saturated heterocycles. The second-order valence-electron chi connectivity index (χ2n) is 9.49. The third-order valence-corrected chi connectivity index (χ3v) is 8.55. The van der Waals surface area contributed by atoms with Crippen LogP contribution in [0, 0.1) is 26.4 Å². The number of fused-ring (bicyclic) bond motifs is 2. The Kier molecular flexibility index (Phi) is 5.94. The summed E-state index contributed by atoms with van der Waals surface area (Å²) < 4.78 is 0. The molecule has 0 heterocycles. The first-order valence-corrected chi connectivity index (χ1v) is 11.5. The van der Waals surface area contributed by atoms with E-state index in [1.54, 1.807) is 18.2 Å². The molecule has 34 heavy (non-hydrogen) atoms. The zero-order valence-corrected chi connectivity index (χ0v) is 20.4. The predicted octanol–water partition coefficient (Wildman–Crippen LogP) is 6.27. The predicted molar refractivity (Wildman–Crippen MR) is 129 cm³/mol. The summed E-state index contributed by atoms with van der Waals surface area (Å²) in [7, 11) is 0. The molecule has 2 aromatic rings. The van der Waals surface area contributed by atoms with E-state index in [-0.39, 0.29) is 17.2 Å². The van der Waals surface area contributed by atoms with E-state index in [2.05, 4.69) is 10.5 Å². The highest BCUT2D eigenvalue weighted by Crippen LogP contribution is 2.71. The maximum atomic E-state index is 13.6. The number of nitro benzene ring substituents is 1. The van der Waals surface area contributed by atoms with E-state index < -0.39 is 27.1 Å². The highest BCUT2D eigenvalue weighted by atomic mass is 35.5. The number of benzene rings is 2. The Morgan fingerprint density at radius 1 is 1.06 bits per heavy atom. The minimum Gasteiger partial charge on any atom is -0.323 e. The van der Waals surface area contributed by atoms with Crippen molar-refractivity contribution in [3.8, 4) is 0 Å². The highest BCUT2D eigenvalue weighted by molar-refractivity contribution is 6.39. The fourth-order valence-corrected chi connectivity index (χ4v) is 5.73. The standard InChI is InChI=1S/C24H23Cl2N3O5/c1-22(2)23(3)11-12-24(22,21(31)27-19-16(25)5-4-6-17(19)26)13-18(23)28-34-20(30)14-7-9-15(10-8-14)29(32)33/h4-10H,11-13H2,1-3H3,(H,27,31)/b28-18+. The van der Waals surface area contributed by atoms with Crippen LogP contribution < -0.4 is 5.32 Å². The number of nitrogens with one attached hydrogen (secondary N) is 1. The lowest BCUT2D eigenvalue weighted by molar-refractivity contribution is -0.384. The Bertz CT molecular complexity index is 1210. The Morgan fingerprint density at radius 2 is 1.68 bits per heavy atom. The van der Waals surface area contributed by atoms with Gasteiger partial charge in [0.2, 0.25) is 5.91 Å². The minimum absolute atomic E-state index is 0.128. The van der Waals surface area contributed by atoms with Gasteiger partial charge >= 0.3 is 5.97 Å². The molecule has 2 atom stereocenters. The number of anilines is 1. The molecule has 178 valence electrons. The molecule has 0 aromatic heterocycles. The number of amides is 1. The third kappa shape index (κ3) is 3.56. The number of rotatable bonds is 5. The van der Waals surface area contributed by atoms with Gasteiger partial charge in [0.1, 0.15) is 0 Å². The van der Waals surface area contributed by atoms with Crippen LogP contribution in [0.5, 0.6) is 0 Å². The van der Waals surface area contributed by atoms with Gasteiger partial charge in [0.25, 0.3) is 5.69 Å². The van der Waals surface area contributed by atoms with Gasteiger partial charge in [-0.3, -0.25) is 14.9 Å². The van der Waals surface area contributed by atoms with Crippen LogP contribution in [0.4, 0.5) is 11.4 Å². The van der Waals surface area contributed by atoms with Crippen molar-refractivity contribution >= 4 is 52.2 Å². The van der Waals surface area contributed by atoms with E-state index in [0.29, 0.717) is 40.7 Å². The van der Waals surface area contributed by atoms with Crippen LogP contribution in [0.2, 0.25) is 10.0 Å². The normalized spacial score (nSPS) is 25.9. The first kappa shape index (κ1) is 24.2.